The molecule has 29 heavy (non-hydrogen) atoms. The molecule has 0 aliphatic carbocycles. The van der Waals surface area contributed by atoms with Crippen LogP contribution in [-0.4, -0.2) is 74.8 Å². The zero-order chi connectivity index (χ0) is 20.7. The van der Waals surface area contributed by atoms with E-state index < -0.39 is 12.7 Å². The van der Waals surface area contributed by atoms with Crippen LogP contribution >= 0.6 is 0 Å². The lowest BCUT2D eigenvalue weighted by Crippen LogP contribution is -2.45. The Hall–Kier alpha value is -1.74. The summed E-state index contributed by atoms with van der Waals surface area (Å²) in [6.07, 6.45) is 2.00. The molecule has 0 radical (unpaired) electrons. The lowest BCUT2D eigenvalue weighted by molar-refractivity contribution is -0.143. The highest BCUT2D eigenvalue weighted by molar-refractivity contribution is 5.79. The van der Waals surface area contributed by atoms with Gasteiger partial charge in [0.05, 0.1) is 18.8 Å². The van der Waals surface area contributed by atoms with Crippen molar-refractivity contribution in [2.75, 3.05) is 52.9 Å². The molecule has 6 nitrogen and oxygen atoms in total. The highest BCUT2D eigenvalue weighted by Gasteiger charge is 2.34. The van der Waals surface area contributed by atoms with Gasteiger partial charge in [0.15, 0.2) is 5.96 Å². The maximum absolute atomic E-state index is 12.6. The number of hydrogen-bond acceptors (Lipinski definition) is 4. The zero-order valence-electron chi connectivity index (χ0n) is 17.0. The second-order valence-electron chi connectivity index (χ2n) is 7.97. The minimum Gasteiger partial charge on any atom is -0.468 e. The number of aliphatic imine (C=N–C) groups is 1. The van der Waals surface area contributed by atoms with Crippen molar-refractivity contribution in [2.24, 2.45) is 10.9 Å². The quantitative estimate of drug-likeness (QED) is 0.530. The van der Waals surface area contributed by atoms with E-state index in [0.29, 0.717) is 32.1 Å². The van der Waals surface area contributed by atoms with Gasteiger partial charge in [0.25, 0.3) is 0 Å². The first kappa shape index (κ1) is 22.0. The van der Waals surface area contributed by atoms with Crippen molar-refractivity contribution >= 4 is 5.96 Å². The number of piperidine rings is 1. The molecule has 2 aliphatic rings. The fourth-order valence-electron chi connectivity index (χ4n) is 4.25. The van der Waals surface area contributed by atoms with Gasteiger partial charge in [0.2, 0.25) is 0 Å². The molecule has 0 amide bonds. The van der Waals surface area contributed by atoms with Gasteiger partial charge in [-0.3, -0.25) is 14.8 Å². The van der Waals surface area contributed by atoms with Crippen LogP contribution in [0.1, 0.15) is 37.5 Å². The molecule has 2 aliphatic heterocycles. The average molecular weight is 416 g/mol. The number of alkyl halides is 3. The lowest BCUT2D eigenvalue weighted by atomic mass is 10.1. The summed E-state index contributed by atoms with van der Waals surface area (Å²) in [5.74, 6) is 1.81. The predicted octanol–water partition coefficient (Wildman–Crippen LogP) is 2.86. The monoisotopic (exact) mass is 415 g/mol. The summed E-state index contributed by atoms with van der Waals surface area (Å²) in [6.45, 7) is 3.52. The Morgan fingerprint density at radius 1 is 1.24 bits per heavy atom. The summed E-state index contributed by atoms with van der Waals surface area (Å²) in [5, 5.41) is 6.65. The maximum Gasteiger partial charge on any atom is 0.401 e. The molecule has 3 heterocycles. The Labute approximate surface area is 170 Å². The van der Waals surface area contributed by atoms with Gasteiger partial charge in [-0.1, -0.05) is 6.42 Å². The first-order valence-corrected chi connectivity index (χ1v) is 10.5. The van der Waals surface area contributed by atoms with E-state index in [-0.39, 0.29) is 12.0 Å². The molecule has 9 heteroatoms. The first-order valence-electron chi connectivity index (χ1n) is 10.5. The summed E-state index contributed by atoms with van der Waals surface area (Å²) < 4.78 is 43.3. The molecule has 2 N–H and O–H groups in total. The van der Waals surface area contributed by atoms with Crippen molar-refractivity contribution in [1.82, 2.24) is 20.4 Å². The fourth-order valence-corrected chi connectivity index (χ4v) is 4.25. The molecule has 0 spiro atoms. The van der Waals surface area contributed by atoms with Crippen LogP contribution in [0.15, 0.2) is 27.8 Å². The van der Waals surface area contributed by atoms with Gasteiger partial charge in [0.1, 0.15) is 5.76 Å². The molecule has 2 saturated heterocycles. The van der Waals surface area contributed by atoms with Gasteiger partial charge in [-0.25, -0.2) is 0 Å². The SMILES string of the molecule is CN=C(NCC1CCN(CC(F)(F)F)C1)NCC(c1ccco1)N1CCCCC1. The number of nitrogens with zero attached hydrogens (tertiary/aromatic N) is 3. The van der Waals surface area contributed by atoms with Crippen molar-refractivity contribution in [3.05, 3.63) is 24.2 Å². The molecule has 0 aromatic carbocycles. The van der Waals surface area contributed by atoms with Crippen molar-refractivity contribution in [3.8, 4) is 0 Å². The summed E-state index contributed by atoms with van der Waals surface area (Å²) in [7, 11) is 1.71. The minimum absolute atomic E-state index is 0.137. The molecule has 2 unspecified atom stereocenters. The molecule has 0 bridgehead atoms. The van der Waals surface area contributed by atoms with E-state index in [4.69, 9.17) is 4.42 Å². The number of halogens is 3. The number of rotatable bonds is 7. The highest BCUT2D eigenvalue weighted by Crippen LogP contribution is 2.25. The molecule has 2 fully saturated rings. The number of furan rings is 1. The third-order valence-electron chi connectivity index (χ3n) is 5.72. The third kappa shape index (κ3) is 6.92. The Morgan fingerprint density at radius 2 is 2.03 bits per heavy atom. The van der Waals surface area contributed by atoms with Crippen LogP contribution in [0.3, 0.4) is 0 Å². The third-order valence-corrected chi connectivity index (χ3v) is 5.72. The van der Waals surface area contributed by atoms with Gasteiger partial charge >= 0.3 is 6.18 Å². The molecular formula is C20H32F3N5O. The van der Waals surface area contributed by atoms with E-state index in [1.54, 1.807) is 13.3 Å². The summed E-state index contributed by atoms with van der Waals surface area (Å²) in [4.78, 5) is 8.19. The van der Waals surface area contributed by atoms with Crippen LogP contribution in [0.2, 0.25) is 0 Å². The normalized spacial score (nSPS) is 23.3. The van der Waals surface area contributed by atoms with Crippen molar-refractivity contribution in [2.45, 2.75) is 37.9 Å². The van der Waals surface area contributed by atoms with E-state index in [2.05, 4.69) is 20.5 Å². The molecular weight excluding hydrogens is 383 g/mol. The Kier molecular flexibility index (Phi) is 7.83. The van der Waals surface area contributed by atoms with Crippen LogP contribution < -0.4 is 10.6 Å². The molecule has 2 atom stereocenters. The van der Waals surface area contributed by atoms with E-state index >= 15 is 0 Å². The van der Waals surface area contributed by atoms with E-state index in [0.717, 1.165) is 25.3 Å². The number of guanidine groups is 1. The lowest BCUT2D eigenvalue weighted by Gasteiger charge is -2.33. The van der Waals surface area contributed by atoms with Crippen LogP contribution in [-0.2, 0) is 0 Å². The highest BCUT2D eigenvalue weighted by atomic mass is 19.4. The fraction of sp³-hybridized carbons (Fsp3) is 0.750. The second-order valence-corrected chi connectivity index (χ2v) is 7.97. The van der Waals surface area contributed by atoms with Gasteiger partial charge in [-0.05, 0) is 56.9 Å². The number of hydrogen-bond donors (Lipinski definition) is 2. The summed E-state index contributed by atoms with van der Waals surface area (Å²) in [6, 6.07) is 4.05. The Balaban J connectivity index is 1.46. The first-order chi connectivity index (χ1) is 13.9. The van der Waals surface area contributed by atoms with Gasteiger partial charge < -0.3 is 15.1 Å². The topological polar surface area (TPSA) is 56.0 Å². The van der Waals surface area contributed by atoms with Gasteiger partial charge in [-0.15, -0.1) is 0 Å². The van der Waals surface area contributed by atoms with Crippen LogP contribution in [0, 0.1) is 5.92 Å². The zero-order valence-corrected chi connectivity index (χ0v) is 17.0. The van der Waals surface area contributed by atoms with Crippen molar-refractivity contribution < 1.29 is 17.6 Å². The minimum atomic E-state index is -4.13. The average Bonchev–Trinajstić information content (AvgIpc) is 3.36. The smallest absolute Gasteiger partial charge is 0.401 e. The maximum atomic E-state index is 12.6. The molecule has 1 aromatic heterocycles. The van der Waals surface area contributed by atoms with Gasteiger partial charge in [-0.2, -0.15) is 13.2 Å². The van der Waals surface area contributed by atoms with Crippen LogP contribution in [0.4, 0.5) is 13.2 Å². The predicted molar refractivity (Wildman–Crippen MR) is 107 cm³/mol. The summed E-state index contributed by atoms with van der Waals surface area (Å²) >= 11 is 0. The summed E-state index contributed by atoms with van der Waals surface area (Å²) in [5.41, 5.74) is 0. The molecule has 1 aromatic rings. The molecule has 164 valence electrons. The van der Waals surface area contributed by atoms with Crippen LogP contribution in [0.25, 0.3) is 0 Å². The largest absolute Gasteiger partial charge is 0.468 e. The van der Waals surface area contributed by atoms with E-state index in [1.165, 1.54) is 24.2 Å². The number of likely N-dealkylation sites (tertiary alicyclic amines) is 2. The molecule has 3 rings (SSSR count). The van der Waals surface area contributed by atoms with Crippen molar-refractivity contribution in [3.63, 3.8) is 0 Å². The molecule has 0 saturated carbocycles. The number of nitrogens with one attached hydrogen (secondary N) is 2. The Morgan fingerprint density at radius 3 is 2.69 bits per heavy atom. The van der Waals surface area contributed by atoms with Gasteiger partial charge in [0, 0.05) is 26.7 Å². The second kappa shape index (κ2) is 10.3. The standard InChI is InChI=1S/C20H32F3N5O/c1-24-19(25-12-16-7-10-27(14-16)15-20(21,22)23)26-13-17(18-6-5-11-29-18)28-8-3-2-4-9-28/h5-6,11,16-17H,2-4,7-10,12-15H2,1H3,(H2,24,25,26). The van der Waals surface area contributed by atoms with E-state index in [1.807, 2.05) is 12.1 Å². The van der Waals surface area contributed by atoms with Crippen molar-refractivity contribution in [1.29, 1.82) is 0 Å². The van der Waals surface area contributed by atoms with E-state index in [9.17, 15) is 13.2 Å². The van der Waals surface area contributed by atoms with Crippen LogP contribution in [0.5, 0.6) is 0 Å². The Bertz CT molecular complexity index is 629.